The molecule has 0 saturated carbocycles. The lowest BCUT2D eigenvalue weighted by atomic mass is 9.98. The maximum Gasteiger partial charge on any atom is 0.241 e. The zero-order valence-electron chi connectivity index (χ0n) is 12.7. The fraction of sp³-hybridized carbons (Fsp3) is 0.467. The van der Waals surface area contributed by atoms with Crippen LogP contribution >= 0.6 is 11.3 Å². The molecular weight excluding hydrogens is 312 g/mol. The van der Waals surface area contributed by atoms with E-state index in [-0.39, 0.29) is 0 Å². The summed E-state index contributed by atoms with van der Waals surface area (Å²) >= 11 is 1.62. The Balaban J connectivity index is 1.37. The Morgan fingerprint density at radius 3 is 3.22 bits per heavy atom. The van der Waals surface area contributed by atoms with Crippen LogP contribution in [0.2, 0.25) is 0 Å². The van der Waals surface area contributed by atoms with E-state index in [4.69, 9.17) is 4.52 Å². The molecule has 1 fully saturated rings. The fourth-order valence-corrected chi connectivity index (χ4v) is 3.70. The number of likely N-dealkylation sites (tertiary alicyclic amines) is 1. The van der Waals surface area contributed by atoms with Gasteiger partial charge >= 0.3 is 0 Å². The molecule has 0 unspecified atom stereocenters. The van der Waals surface area contributed by atoms with Gasteiger partial charge in [0.25, 0.3) is 0 Å². The third-order valence-corrected chi connectivity index (χ3v) is 4.95. The first-order valence-electron chi connectivity index (χ1n) is 7.78. The van der Waals surface area contributed by atoms with E-state index in [0.29, 0.717) is 24.2 Å². The molecule has 7 nitrogen and oxygen atoms in total. The molecule has 120 valence electrons. The third kappa shape index (κ3) is 3.48. The Morgan fingerprint density at radius 1 is 1.39 bits per heavy atom. The number of aromatic nitrogens is 5. The van der Waals surface area contributed by atoms with Crippen molar-refractivity contribution in [3.05, 3.63) is 36.1 Å². The largest absolute Gasteiger partial charge is 0.338 e. The van der Waals surface area contributed by atoms with Crippen molar-refractivity contribution in [1.82, 2.24) is 29.8 Å². The highest BCUT2D eigenvalue weighted by Crippen LogP contribution is 2.23. The van der Waals surface area contributed by atoms with Crippen molar-refractivity contribution in [3.63, 3.8) is 0 Å². The molecule has 0 bridgehead atoms. The van der Waals surface area contributed by atoms with Gasteiger partial charge in [0.15, 0.2) is 0 Å². The maximum atomic E-state index is 5.41. The SMILES string of the molecule is c1csc(-c2noc(CN3CCC[C@@H](Cn4cncn4)C3)n2)c1. The average molecular weight is 330 g/mol. The Bertz CT molecular complexity index is 723. The van der Waals surface area contributed by atoms with Crippen LogP contribution in [0, 0.1) is 5.92 Å². The van der Waals surface area contributed by atoms with Gasteiger partial charge in [0.1, 0.15) is 12.7 Å². The summed E-state index contributed by atoms with van der Waals surface area (Å²) in [5.74, 6) is 1.96. The van der Waals surface area contributed by atoms with Crippen molar-refractivity contribution in [2.75, 3.05) is 13.1 Å². The molecule has 0 aromatic carbocycles. The molecule has 3 aromatic rings. The predicted molar refractivity (Wildman–Crippen MR) is 85.6 cm³/mol. The summed E-state index contributed by atoms with van der Waals surface area (Å²) in [5, 5.41) is 10.3. The van der Waals surface area contributed by atoms with Crippen LogP contribution in [0.4, 0.5) is 0 Å². The third-order valence-electron chi connectivity index (χ3n) is 4.08. The number of hydrogen-bond acceptors (Lipinski definition) is 7. The molecule has 8 heteroatoms. The van der Waals surface area contributed by atoms with Crippen molar-refractivity contribution in [2.45, 2.75) is 25.9 Å². The lowest BCUT2D eigenvalue weighted by molar-refractivity contribution is 0.138. The van der Waals surface area contributed by atoms with Gasteiger partial charge in [-0.25, -0.2) is 4.98 Å². The molecule has 1 saturated heterocycles. The number of nitrogens with zero attached hydrogens (tertiary/aromatic N) is 6. The number of piperidine rings is 1. The first kappa shape index (κ1) is 14.5. The second-order valence-corrected chi connectivity index (χ2v) is 6.80. The minimum absolute atomic E-state index is 0.588. The van der Waals surface area contributed by atoms with Crippen molar-refractivity contribution < 1.29 is 4.52 Å². The van der Waals surface area contributed by atoms with Gasteiger partial charge in [-0.1, -0.05) is 11.2 Å². The number of thiophene rings is 1. The molecule has 1 aliphatic heterocycles. The number of rotatable bonds is 5. The quantitative estimate of drug-likeness (QED) is 0.715. The van der Waals surface area contributed by atoms with Crippen molar-refractivity contribution in [2.24, 2.45) is 5.92 Å². The first-order chi connectivity index (χ1) is 11.4. The summed E-state index contributed by atoms with van der Waals surface area (Å²) in [6.45, 7) is 3.73. The summed E-state index contributed by atoms with van der Waals surface area (Å²) in [4.78, 5) is 11.9. The van der Waals surface area contributed by atoms with E-state index in [2.05, 4.69) is 25.1 Å². The fourth-order valence-electron chi connectivity index (χ4n) is 3.05. The van der Waals surface area contributed by atoms with Crippen LogP contribution < -0.4 is 0 Å². The maximum absolute atomic E-state index is 5.41. The van der Waals surface area contributed by atoms with Crippen molar-refractivity contribution >= 4 is 11.3 Å². The number of hydrogen-bond donors (Lipinski definition) is 0. The van der Waals surface area contributed by atoms with Gasteiger partial charge in [0.05, 0.1) is 11.4 Å². The van der Waals surface area contributed by atoms with E-state index in [1.807, 2.05) is 22.2 Å². The lowest BCUT2D eigenvalue weighted by Gasteiger charge is -2.31. The van der Waals surface area contributed by atoms with Crippen LogP contribution in [0.15, 0.2) is 34.7 Å². The van der Waals surface area contributed by atoms with Gasteiger partial charge in [-0.2, -0.15) is 10.1 Å². The highest BCUT2D eigenvalue weighted by atomic mass is 32.1. The second kappa shape index (κ2) is 6.59. The van der Waals surface area contributed by atoms with Crippen LogP contribution in [-0.2, 0) is 13.1 Å². The molecule has 0 N–H and O–H groups in total. The summed E-state index contributed by atoms with van der Waals surface area (Å²) in [6, 6.07) is 4.00. The topological polar surface area (TPSA) is 72.9 Å². The molecule has 4 heterocycles. The molecule has 0 radical (unpaired) electrons. The molecule has 1 aliphatic rings. The van der Waals surface area contributed by atoms with Gasteiger partial charge in [0, 0.05) is 13.1 Å². The average Bonchev–Trinajstić information content (AvgIpc) is 3.30. The van der Waals surface area contributed by atoms with Crippen LogP contribution in [0.1, 0.15) is 18.7 Å². The monoisotopic (exact) mass is 330 g/mol. The standard InChI is InChI=1S/C15H18N6OS/c1-3-12(8-21-11-16-10-17-21)7-20(5-1)9-14-18-15(19-22-14)13-4-2-6-23-13/h2,4,6,10-12H,1,3,5,7-9H2/t12-/m1/s1. The second-order valence-electron chi connectivity index (χ2n) is 5.85. The Kier molecular flexibility index (Phi) is 4.16. The van der Waals surface area contributed by atoms with Crippen LogP contribution in [0.25, 0.3) is 10.7 Å². The molecule has 1 atom stereocenters. The molecule has 0 amide bonds. The van der Waals surface area contributed by atoms with Gasteiger partial charge < -0.3 is 4.52 Å². The van der Waals surface area contributed by atoms with E-state index in [9.17, 15) is 0 Å². The minimum Gasteiger partial charge on any atom is -0.338 e. The minimum atomic E-state index is 0.588. The van der Waals surface area contributed by atoms with Gasteiger partial charge in [-0.3, -0.25) is 9.58 Å². The van der Waals surface area contributed by atoms with Gasteiger partial charge in [-0.15, -0.1) is 11.3 Å². The highest BCUT2D eigenvalue weighted by molar-refractivity contribution is 7.13. The predicted octanol–water partition coefficient (Wildman–Crippen LogP) is 2.30. The molecule has 0 aliphatic carbocycles. The van der Waals surface area contributed by atoms with E-state index in [0.717, 1.165) is 24.5 Å². The Morgan fingerprint density at radius 2 is 2.39 bits per heavy atom. The molecule has 23 heavy (non-hydrogen) atoms. The van der Waals surface area contributed by atoms with E-state index >= 15 is 0 Å². The summed E-state index contributed by atoms with van der Waals surface area (Å²) in [7, 11) is 0. The molecular formula is C15H18N6OS. The van der Waals surface area contributed by atoms with Crippen molar-refractivity contribution in [1.29, 1.82) is 0 Å². The lowest BCUT2D eigenvalue weighted by Crippen LogP contribution is -2.36. The van der Waals surface area contributed by atoms with Crippen LogP contribution in [0.5, 0.6) is 0 Å². The Labute approximate surface area is 138 Å². The molecule has 3 aromatic heterocycles. The zero-order chi connectivity index (χ0) is 15.5. The van der Waals surface area contributed by atoms with E-state index in [1.165, 1.54) is 12.8 Å². The van der Waals surface area contributed by atoms with Crippen molar-refractivity contribution in [3.8, 4) is 10.7 Å². The van der Waals surface area contributed by atoms with Crippen LogP contribution in [-0.4, -0.2) is 42.9 Å². The summed E-state index contributed by atoms with van der Waals surface area (Å²) in [6.07, 6.45) is 5.78. The molecule has 0 spiro atoms. The Hall–Kier alpha value is -2.06. The van der Waals surface area contributed by atoms with Gasteiger partial charge in [0.2, 0.25) is 11.7 Å². The van der Waals surface area contributed by atoms with Gasteiger partial charge in [-0.05, 0) is 36.8 Å². The van der Waals surface area contributed by atoms with E-state index < -0.39 is 0 Å². The smallest absolute Gasteiger partial charge is 0.241 e. The summed E-state index contributed by atoms with van der Waals surface area (Å²) < 4.78 is 7.32. The zero-order valence-corrected chi connectivity index (χ0v) is 13.5. The summed E-state index contributed by atoms with van der Waals surface area (Å²) in [5.41, 5.74) is 0. The van der Waals surface area contributed by atoms with E-state index in [1.54, 1.807) is 24.0 Å². The molecule has 4 rings (SSSR count). The van der Waals surface area contributed by atoms with Crippen LogP contribution in [0.3, 0.4) is 0 Å². The normalized spacial score (nSPS) is 19.2. The first-order valence-corrected chi connectivity index (χ1v) is 8.66. The highest BCUT2D eigenvalue weighted by Gasteiger charge is 2.22.